The molecule has 146 valence electrons. The van der Waals surface area contributed by atoms with Crippen LogP contribution < -0.4 is 5.73 Å². The first-order chi connectivity index (χ1) is 14.0. The summed E-state index contributed by atoms with van der Waals surface area (Å²) in [7, 11) is 2.07. The Kier molecular flexibility index (Phi) is 5.64. The van der Waals surface area contributed by atoms with Gasteiger partial charge in [0.1, 0.15) is 17.4 Å². The van der Waals surface area contributed by atoms with Crippen molar-refractivity contribution in [2.45, 2.75) is 5.92 Å². The number of hydrogen-bond donors (Lipinski definition) is 1. The van der Waals surface area contributed by atoms with Crippen molar-refractivity contribution in [3.63, 3.8) is 0 Å². The van der Waals surface area contributed by atoms with Crippen LogP contribution in [0.2, 0.25) is 0 Å². The van der Waals surface area contributed by atoms with Gasteiger partial charge in [-0.25, -0.2) is 0 Å². The molecule has 2 aliphatic heterocycles. The molecule has 0 spiro atoms. The average molecular weight is 513 g/mol. The molecule has 29 heavy (non-hydrogen) atoms. The highest BCUT2D eigenvalue weighted by Gasteiger charge is 2.36. The minimum atomic E-state index is -0.215. The van der Waals surface area contributed by atoms with Crippen molar-refractivity contribution in [3.05, 3.63) is 97.0 Å². The van der Waals surface area contributed by atoms with Gasteiger partial charge in [-0.15, -0.1) is 0 Å². The molecular weight excluding hydrogens is 494 g/mol. The van der Waals surface area contributed by atoms with Crippen LogP contribution in [-0.4, -0.2) is 25.0 Å². The molecule has 0 saturated carbocycles. The lowest BCUT2D eigenvalue weighted by Crippen LogP contribution is -2.35. The highest BCUT2D eigenvalue weighted by molar-refractivity contribution is 9.10. The maximum absolute atomic E-state index is 9.80. The molecule has 0 unspecified atom stereocenters. The molecule has 0 aromatic heterocycles. The summed E-state index contributed by atoms with van der Waals surface area (Å²) in [5, 5.41) is 9.80. The number of nitrogens with two attached hydrogens (primary N) is 1. The van der Waals surface area contributed by atoms with Gasteiger partial charge in [0.15, 0.2) is 0 Å². The van der Waals surface area contributed by atoms with Crippen molar-refractivity contribution in [2.24, 2.45) is 5.73 Å². The summed E-state index contributed by atoms with van der Waals surface area (Å²) in [5.74, 6) is 0.758. The van der Waals surface area contributed by atoms with Gasteiger partial charge in [-0.2, -0.15) is 5.26 Å². The van der Waals surface area contributed by atoms with E-state index in [1.54, 1.807) is 0 Å². The quantitative estimate of drug-likeness (QED) is 0.592. The van der Waals surface area contributed by atoms with Crippen LogP contribution in [0.1, 0.15) is 17.0 Å². The molecule has 2 N–H and O–H groups in total. The van der Waals surface area contributed by atoms with Crippen molar-refractivity contribution in [2.75, 3.05) is 20.1 Å². The van der Waals surface area contributed by atoms with Crippen molar-refractivity contribution >= 4 is 37.9 Å². The van der Waals surface area contributed by atoms with E-state index in [4.69, 9.17) is 10.5 Å². The summed E-state index contributed by atoms with van der Waals surface area (Å²) in [6.45, 7) is 1.46. The molecule has 0 bridgehead atoms. The van der Waals surface area contributed by atoms with Crippen LogP contribution >= 0.6 is 31.9 Å². The van der Waals surface area contributed by atoms with E-state index in [0.717, 1.165) is 43.5 Å². The fraction of sp³-hybridized carbons (Fsp3) is 0.174. The third-order valence-electron chi connectivity index (χ3n) is 5.11. The Hall–Kier alpha value is -2.33. The van der Waals surface area contributed by atoms with Gasteiger partial charge in [-0.1, -0.05) is 56.1 Å². The molecule has 0 radical (unpaired) electrons. The molecule has 2 aromatic rings. The number of hydrogen-bond acceptors (Lipinski definition) is 4. The zero-order valence-electron chi connectivity index (χ0n) is 15.8. The van der Waals surface area contributed by atoms with Gasteiger partial charge in [-0.3, -0.25) is 4.90 Å². The van der Waals surface area contributed by atoms with Crippen LogP contribution in [0.15, 0.2) is 85.8 Å². The SMILES string of the molecule is CN1CC2=C(OC(N)=C(C#N)[C@H]2c2ccc(Br)cc2)/C(=C/c2ccc(Br)cc2)C1. The van der Waals surface area contributed by atoms with E-state index < -0.39 is 0 Å². The maximum Gasteiger partial charge on any atom is 0.205 e. The number of halogens is 2. The summed E-state index contributed by atoms with van der Waals surface area (Å²) in [4.78, 5) is 2.23. The van der Waals surface area contributed by atoms with Crippen LogP contribution in [-0.2, 0) is 4.74 Å². The Morgan fingerprint density at radius 2 is 1.69 bits per heavy atom. The molecule has 4 nitrogen and oxygen atoms in total. The van der Waals surface area contributed by atoms with Crippen LogP contribution in [0.4, 0.5) is 0 Å². The van der Waals surface area contributed by atoms with Gasteiger partial charge in [-0.05, 0) is 54.1 Å². The zero-order valence-corrected chi connectivity index (χ0v) is 19.0. The summed E-state index contributed by atoms with van der Waals surface area (Å²) >= 11 is 6.96. The van der Waals surface area contributed by atoms with Crippen LogP contribution in [0.5, 0.6) is 0 Å². The molecule has 0 fully saturated rings. The van der Waals surface area contributed by atoms with E-state index in [-0.39, 0.29) is 11.8 Å². The summed E-state index contributed by atoms with van der Waals surface area (Å²) in [6.07, 6.45) is 2.13. The normalized spacial score (nSPS) is 21.0. The Bertz CT molecular complexity index is 1080. The van der Waals surface area contributed by atoms with E-state index in [1.165, 1.54) is 0 Å². The second kappa shape index (κ2) is 8.19. The molecule has 4 rings (SSSR count). The summed E-state index contributed by atoms with van der Waals surface area (Å²) < 4.78 is 8.06. The van der Waals surface area contributed by atoms with Crippen molar-refractivity contribution < 1.29 is 4.74 Å². The molecule has 0 saturated heterocycles. The second-order valence-corrected chi connectivity index (χ2v) is 9.06. The zero-order chi connectivity index (χ0) is 20.5. The van der Waals surface area contributed by atoms with E-state index in [0.29, 0.717) is 12.1 Å². The first kappa shape index (κ1) is 20.0. The van der Waals surface area contributed by atoms with E-state index in [1.807, 2.05) is 36.4 Å². The monoisotopic (exact) mass is 511 g/mol. The predicted octanol–water partition coefficient (Wildman–Crippen LogP) is 5.30. The lowest BCUT2D eigenvalue weighted by Gasteiger charge is -2.36. The molecule has 1 atom stereocenters. The van der Waals surface area contributed by atoms with E-state index >= 15 is 0 Å². The number of benzene rings is 2. The minimum absolute atomic E-state index is 0.186. The third-order valence-corrected chi connectivity index (χ3v) is 6.17. The Morgan fingerprint density at radius 1 is 1.07 bits per heavy atom. The number of likely N-dealkylation sites (N-methyl/N-ethyl adjacent to an activating group) is 1. The number of allylic oxidation sites excluding steroid dienone is 1. The highest BCUT2D eigenvalue weighted by Crippen LogP contribution is 2.43. The lowest BCUT2D eigenvalue weighted by atomic mass is 9.80. The largest absolute Gasteiger partial charge is 0.440 e. The Labute approximate surface area is 187 Å². The standard InChI is InChI=1S/C23H19Br2N3O/c1-28-12-16(10-14-2-6-17(24)7-3-14)22-20(13-28)21(19(11-26)23(27)29-22)15-4-8-18(25)9-5-15/h2-10,21H,12-13,27H2,1H3/b16-10+/t21-/m1/s1. The second-order valence-electron chi connectivity index (χ2n) is 7.22. The number of nitrogens with zero attached hydrogens (tertiary/aromatic N) is 2. The smallest absolute Gasteiger partial charge is 0.205 e. The van der Waals surface area contributed by atoms with Gasteiger partial charge in [0, 0.05) is 27.6 Å². The van der Waals surface area contributed by atoms with Gasteiger partial charge >= 0.3 is 0 Å². The molecule has 0 aliphatic carbocycles. The molecule has 2 aromatic carbocycles. The maximum atomic E-state index is 9.80. The minimum Gasteiger partial charge on any atom is -0.440 e. The van der Waals surface area contributed by atoms with Gasteiger partial charge in [0.2, 0.25) is 5.88 Å². The molecule has 2 aliphatic rings. The molecular formula is C23H19Br2N3O. The fourth-order valence-electron chi connectivity index (χ4n) is 3.84. The Balaban J connectivity index is 1.85. The summed E-state index contributed by atoms with van der Waals surface area (Å²) in [6, 6.07) is 18.5. The van der Waals surface area contributed by atoms with Gasteiger partial charge < -0.3 is 10.5 Å². The summed E-state index contributed by atoms with van der Waals surface area (Å²) in [5.41, 5.74) is 10.9. The Morgan fingerprint density at radius 3 is 2.31 bits per heavy atom. The van der Waals surface area contributed by atoms with Crippen LogP contribution in [0, 0.1) is 11.3 Å². The van der Waals surface area contributed by atoms with Crippen LogP contribution in [0.25, 0.3) is 6.08 Å². The van der Waals surface area contributed by atoms with Crippen LogP contribution in [0.3, 0.4) is 0 Å². The predicted molar refractivity (Wildman–Crippen MR) is 121 cm³/mol. The van der Waals surface area contributed by atoms with Gasteiger partial charge in [0.25, 0.3) is 0 Å². The topological polar surface area (TPSA) is 62.3 Å². The van der Waals surface area contributed by atoms with Crippen molar-refractivity contribution in [3.8, 4) is 6.07 Å². The first-order valence-corrected chi connectivity index (χ1v) is 10.8. The number of nitriles is 1. The average Bonchev–Trinajstić information content (AvgIpc) is 2.70. The number of rotatable bonds is 2. The molecule has 0 amide bonds. The van der Waals surface area contributed by atoms with E-state index in [9.17, 15) is 5.26 Å². The van der Waals surface area contributed by atoms with Crippen molar-refractivity contribution in [1.29, 1.82) is 5.26 Å². The molecule has 6 heteroatoms. The third kappa shape index (κ3) is 4.04. The van der Waals surface area contributed by atoms with Crippen molar-refractivity contribution in [1.82, 2.24) is 4.90 Å². The fourth-order valence-corrected chi connectivity index (χ4v) is 4.37. The number of ether oxygens (including phenoxy) is 1. The first-order valence-electron chi connectivity index (χ1n) is 9.17. The van der Waals surface area contributed by atoms with Gasteiger partial charge in [0.05, 0.1) is 5.92 Å². The molecule has 2 heterocycles. The van der Waals surface area contributed by atoms with E-state index in [2.05, 4.69) is 68.1 Å². The highest BCUT2D eigenvalue weighted by atomic mass is 79.9. The lowest BCUT2D eigenvalue weighted by molar-refractivity contribution is 0.251.